The number of hydrogen-bond acceptors (Lipinski definition) is 15. The van der Waals surface area contributed by atoms with Gasteiger partial charge in [0, 0.05) is 25.7 Å². The van der Waals surface area contributed by atoms with Crippen molar-refractivity contribution in [2.75, 3.05) is 39.6 Å². The van der Waals surface area contributed by atoms with Gasteiger partial charge in [0.25, 0.3) is 0 Å². The predicted octanol–water partition coefficient (Wildman–Crippen LogP) is 23.8. The van der Waals surface area contributed by atoms with Crippen LogP contribution in [0.25, 0.3) is 0 Å². The van der Waals surface area contributed by atoms with Crippen molar-refractivity contribution < 1.29 is 80.2 Å². The van der Waals surface area contributed by atoms with Gasteiger partial charge < -0.3 is 33.8 Å². The van der Waals surface area contributed by atoms with Gasteiger partial charge in [-0.25, -0.2) is 9.13 Å². The minimum atomic E-state index is -4.96. The van der Waals surface area contributed by atoms with Gasteiger partial charge in [0.2, 0.25) is 0 Å². The van der Waals surface area contributed by atoms with Gasteiger partial charge >= 0.3 is 39.5 Å². The van der Waals surface area contributed by atoms with Gasteiger partial charge in [-0.3, -0.25) is 37.3 Å². The molecule has 0 spiro atoms. The van der Waals surface area contributed by atoms with Gasteiger partial charge in [-0.2, -0.15) is 0 Å². The van der Waals surface area contributed by atoms with Gasteiger partial charge in [-0.05, 0) is 25.7 Å². The molecule has 0 rings (SSSR count). The molecule has 0 aliphatic heterocycles. The van der Waals surface area contributed by atoms with Crippen molar-refractivity contribution in [1.29, 1.82) is 0 Å². The minimum absolute atomic E-state index is 0.107. The average molecular weight is 1440 g/mol. The first-order valence-electron chi connectivity index (χ1n) is 41.3. The Kier molecular flexibility index (Phi) is 71.9. The molecule has 5 atom stereocenters. The lowest BCUT2D eigenvalue weighted by atomic mass is 10.0. The molecule has 19 heteroatoms. The molecule has 0 aromatic carbocycles. The highest BCUT2D eigenvalue weighted by Crippen LogP contribution is 2.45. The lowest BCUT2D eigenvalue weighted by molar-refractivity contribution is -0.161. The molecule has 2 unspecified atom stereocenters. The molecule has 0 amide bonds. The van der Waals surface area contributed by atoms with Crippen LogP contribution in [0.4, 0.5) is 0 Å². The topological polar surface area (TPSA) is 237 Å². The van der Waals surface area contributed by atoms with Crippen LogP contribution in [0.15, 0.2) is 0 Å². The third-order valence-electron chi connectivity index (χ3n) is 18.6. The molecular weight excluding hydrogens is 1280 g/mol. The molecule has 0 aliphatic carbocycles. The normalized spacial score (nSPS) is 13.8. The molecule has 0 saturated carbocycles. The van der Waals surface area contributed by atoms with Crippen LogP contribution in [0.2, 0.25) is 0 Å². The first-order chi connectivity index (χ1) is 47.7. The Morgan fingerprint density at radius 2 is 0.408 bits per heavy atom. The summed E-state index contributed by atoms with van der Waals surface area (Å²) in [5.74, 6) is -2.11. The number of aliphatic hydroxyl groups is 1. The molecule has 582 valence electrons. The van der Waals surface area contributed by atoms with E-state index < -0.39 is 97.5 Å². The van der Waals surface area contributed by atoms with Gasteiger partial charge in [0.05, 0.1) is 26.4 Å². The highest BCUT2D eigenvalue weighted by molar-refractivity contribution is 7.47. The summed E-state index contributed by atoms with van der Waals surface area (Å²) >= 11 is 0. The summed E-state index contributed by atoms with van der Waals surface area (Å²) in [5.41, 5.74) is 0. The molecule has 0 aromatic rings. The number of rotatable bonds is 80. The smallest absolute Gasteiger partial charge is 0.462 e. The van der Waals surface area contributed by atoms with E-state index in [2.05, 4.69) is 27.7 Å². The average Bonchev–Trinajstić information content (AvgIpc) is 1.34. The van der Waals surface area contributed by atoms with Crippen molar-refractivity contribution in [3.8, 4) is 0 Å². The van der Waals surface area contributed by atoms with Crippen molar-refractivity contribution in [3.05, 3.63) is 0 Å². The summed E-state index contributed by atoms with van der Waals surface area (Å²) in [7, 11) is -9.91. The van der Waals surface area contributed by atoms with E-state index in [1.165, 1.54) is 250 Å². The summed E-state index contributed by atoms with van der Waals surface area (Å²) in [6.45, 7) is 4.96. The standard InChI is InChI=1S/C79H154O17P2/c1-5-9-13-17-21-25-28-30-32-34-36-37-38-39-41-43-45-47-50-54-58-62-66-79(84)96-75(70-90-77(82)64-60-56-52-49-46-44-42-40-35-33-31-29-26-22-18-14-10-6-2)72-94-98(87,88)92-68-73(80)67-91-97(85,86)93-71-74(69-89-76(81)63-59-55-51-24-20-16-12-8-4)95-78(83)65-61-57-53-48-27-23-19-15-11-7-3/h73-75,80H,5-72H2,1-4H3,(H,85,86)(H,87,88)/t73-,74+,75+/m0/s1. The number of aliphatic hydroxyl groups excluding tert-OH is 1. The summed E-state index contributed by atoms with van der Waals surface area (Å²) in [6, 6.07) is 0. The second-order valence-corrected chi connectivity index (χ2v) is 31.4. The Hall–Kier alpha value is -1.94. The lowest BCUT2D eigenvalue weighted by Crippen LogP contribution is -2.30. The summed E-state index contributed by atoms with van der Waals surface area (Å²) in [4.78, 5) is 72.7. The van der Waals surface area contributed by atoms with Gasteiger partial charge in [-0.1, -0.05) is 374 Å². The fraction of sp³-hybridized carbons (Fsp3) is 0.949. The van der Waals surface area contributed by atoms with E-state index in [1.807, 2.05) is 0 Å². The maximum absolute atomic E-state index is 13.1. The zero-order valence-corrected chi connectivity index (χ0v) is 65.6. The van der Waals surface area contributed by atoms with Crippen molar-refractivity contribution in [2.45, 2.75) is 444 Å². The Labute approximate surface area is 600 Å². The second-order valence-electron chi connectivity index (χ2n) is 28.5. The minimum Gasteiger partial charge on any atom is -0.462 e. The number of phosphoric ester groups is 2. The second kappa shape index (κ2) is 73.4. The summed E-state index contributed by atoms with van der Waals surface area (Å²) in [6.07, 6.45) is 65.5. The molecular formula is C79H154O17P2. The molecule has 0 aromatic heterocycles. The number of unbranched alkanes of at least 4 members (excludes halogenated alkanes) is 54. The van der Waals surface area contributed by atoms with E-state index in [9.17, 15) is 43.2 Å². The largest absolute Gasteiger partial charge is 0.472 e. The van der Waals surface area contributed by atoms with E-state index in [0.29, 0.717) is 25.7 Å². The molecule has 3 N–H and O–H groups in total. The Morgan fingerprint density at radius 1 is 0.245 bits per heavy atom. The van der Waals surface area contributed by atoms with E-state index in [-0.39, 0.29) is 25.7 Å². The van der Waals surface area contributed by atoms with Crippen LogP contribution in [-0.2, 0) is 65.4 Å². The zero-order chi connectivity index (χ0) is 71.8. The monoisotopic (exact) mass is 1440 g/mol. The third kappa shape index (κ3) is 72.4. The molecule has 0 aliphatic rings. The fourth-order valence-electron chi connectivity index (χ4n) is 12.3. The van der Waals surface area contributed by atoms with E-state index in [4.69, 9.17) is 37.0 Å². The first kappa shape index (κ1) is 96.1. The van der Waals surface area contributed by atoms with Crippen LogP contribution in [0.3, 0.4) is 0 Å². The van der Waals surface area contributed by atoms with Crippen molar-refractivity contribution in [3.63, 3.8) is 0 Å². The van der Waals surface area contributed by atoms with Crippen molar-refractivity contribution in [2.24, 2.45) is 0 Å². The van der Waals surface area contributed by atoms with E-state index in [1.54, 1.807) is 0 Å². The third-order valence-corrected chi connectivity index (χ3v) is 20.5. The number of ether oxygens (including phenoxy) is 4. The SMILES string of the molecule is CCCCCCCCCCCCCCCCCCCCCCCCC(=O)O[C@H](COC(=O)CCCCCCCCCCCCCCCCCCCC)COP(=O)(O)OC[C@@H](O)COP(=O)(O)OC[C@@H](COC(=O)CCCCCCCCCC)OC(=O)CCCCCCCCCCCC. The van der Waals surface area contributed by atoms with Gasteiger partial charge in [-0.15, -0.1) is 0 Å². The molecule has 0 bridgehead atoms. The van der Waals surface area contributed by atoms with Crippen LogP contribution >= 0.6 is 15.6 Å². The van der Waals surface area contributed by atoms with E-state index in [0.717, 1.165) is 96.3 Å². The lowest BCUT2D eigenvalue weighted by Gasteiger charge is -2.21. The van der Waals surface area contributed by atoms with Crippen LogP contribution in [-0.4, -0.2) is 96.7 Å². The number of esters is 4. The maximum Gasteiger partial charge on any atom is 0.472 e. The van der Waals surface area contributed by atoms with Crippen LogP contribution in [0.1, 0.15) is 426 Å². The summed E-state index contributed by atoms with van der Waals surface area (Å²) in [5, 5.41) is 10.6. The van der Waals surface area contributed by atoms with Gasteiger partial charge in [0.15, 0.2) is 12.2 Å². The summed E-state index contributed by atoms with van der Waals surface area (Å²) < 4.78 is 68.5. The molecule has 0 saturated heterocycles. The van der Waals surface area contributed by atoms with Crippen LogP contribution in [0, 0.1) is 0 Å². The highest BCUT2D eigenvalue weighted by Gasteiger charge is 2.30. The van der Waals surface area contributed by atoms with Crippen LogP contribution in [0.5, 0.6) is 0 Å². The number of hydrogen-bond donors (Lipinski definition) is 3. The van der Waals surface area contributed by atoms with Gasteiger partial charge in [0.1, 0.15) is 19.3 Å². The van der Waals surface area contributed by atoms with Crippen molar-refractivity contribution >= 4 is 39.5 Å². The quantitative estimate of drug-likeness (QED) is 0.0222. The maximum atomic E-state index is 13.1. The van der Waals surface area contributed by atoms with Crippen molar-refractivity contribution in [1.82, 2.24) is 0 Å². The Morgan fingerprint density at radius 3 is 0.602 bits per heavy atom. The number of carbonyl (C=O) groups is 4. The Balaban J connectivity index is 5.15. The molecule has 0 fully saturated rings. The predicted molar refractivity (Wildman–Crippen MR) is 400 cm³/mol. The molecule has 0 heterocycles. The van der Waals surface area contributed by atoms with E-state index >= 15 is 0 Å². The number of carbonyl (C=O) groups excluding carboxylic acids is 4. The fourth-order valence-corrected chi connectivity index (χ4v) is 13.9. The molecule has 0 radical (unpaired) electrons. The highest BCUT2D eigenvalue weighted by atomic mass is 31.2. The molecule has 98 heavy (non-hydrogen) atoms. The molecule has 17 nitrogen and oxygen atoms in total. The van der Waals surface area contributed by atoms with Crippen LogP contribution < -0.4 is 0 Å². The Bertz CT molecular complexity index is 1860. The zero-order valence-electron chi connectivity index (χ0n) is 63.8. The number of phosphoric acid groups is 2. The first-order valence-corrected chi connectivity index (χ1v) is 44.3.